The van der Waals surface area contributed by atoms with E-state index in [4.69, 9.17) is 16.3 Å². The maximum Gasteiger partial charge on any atom is 0.317 e. The van der Waals surface area contributed by atoms with Crippen LogP contribution < -0.4 is 0 Å². The van der Waals surface area contributed by atoms with Crippen molar-refractivity contribution >= 4 is 17.6 Å². The minimum Gasteiger partial charge on any atom is -0.459 e. The lowest BCUT2D eigenvalue weighted by atomic mass is 9.51. The Bertz CT molecular complexity index is 710. The first kappa shape index (κ1) is 16.4. The highest BCUT2D eigenvalue weighted by Crippen LogP contribution is 2.65. The fourth-order valence-electron chi connectivity index (χ4n) is 6.80. The van der Waals surface area contributed by atoms with Gasteiger partial charge in [0.25, 0.3) is 0 Å². The molecule has 0 amide bonds. The largest absolute Gasteiger partial charge is 0.459 e. The van der Waals surface area contributed by atoms with Gasteiger partial charge in [0.15, 0.2) is 0 Å². The van der Waals surface area contributed by atoms with Crippen LogP contribution in [-0.2, 0) is 9.53 Å². The Morgan fingerprint density at radius 1 is 1.40 bits per heavy atom. The lowest BCUT2D eigenvalue weighted by molar-refractivity contribution is -0.152. The van der Waals surface area contributed by atoms with Gasteiger partial charge in [-0.05, 0) is 61.3 Å². The maximum atomic E-state index is 13.0. The van der Waals surface area contributed by atoms with Crippen LogP contribution in [0.1, 0.15) is 58.8 Å². The predicted molar refractivity (Wildman–Crippen MR) is 96.1 cm³/mol. The summed E-state index contributed by atoms with van der Waals surface area (Å²) in [5.41, 5.74) is 4.02. The molecule has 0 aromatic heterocycles. The Labute approximate surface area is 154 Å². The molecule has 25 heavy (non-hydrogen) atoms. The first-order valence-electron chi connectivity index (χ1n) is 9.88. The SMILES string of the molecule is CC[C@@]1(C)CCC2=C1CC[C@H]1[C@H]2C[C@@H](Cl)C2=C[C@@H](O)[C@@H]3C[C@@]21C(=O)O3. The van der Waals surface area contributed by atoms with E-state index >= 15 is 0 Å². The van der Waals surface area contributed by atoms with Gasteiger partial charge in [0.2, 0.25) is 0 Å². The molecule has 7 atom stereocenters. The zero-order chi connectivity index (χ0) is 17.6. The highest BCUT2D eigenvalue weighted by Gasteiger charge is 2.66. The number of halogens is 1. The van der Waals surface area contributed by atoms with Crippen LogP contribution in [0.15, 0.2) is 22.8 Å². The molecule has 4 aliphatic carbocycles. The van der Waals surface area contributed by atoms with Gasteiger partial charge in [0, 0.05) is 6.42 Å². The quantitative estimate of drug-likeness (QED) is 0.433. The number of aliphatic hydroxyl groups excluding tert-OH is 1. The van der Waals surface area contributed by atoms with Gasteiger partial charge in [-0.2, -0.15) is 0 Å². The van der Waals surface area contributed by atoms with E-state index in [2.05, 4.69) is 13.8 Å². The van der Waals surface area contributed by atoms with Gasteiger partial charge in [0.1, 0.15) is 12.2 Å². The van der Waals surface area contributed by atoms with Crippen LogP contribution in [0.3, 0.4) is 0 Å². The number of rotatable bonds is 1. The fourth-order valence-corrected chi connectivity index (χ4v) is 7.26. The lowest BCUT2D eigenvalue weighted by Crippen LogP contribution is -2.51. The van der Waals surface area contributed by atoms with E-state index in [0.717, 1.165) is 24.8 Å². The Morgan fingerprint density at radius 2 is 2.20 bits per heavy atom. The molecule has 5 rings (SSSR count). The lowest BCUT2D eigenvalue weighted by Gasteiger charge is -2.51. The van der Waals surface area contributed by atoms with Gasteiger partial charge in [-0.15, -0.1) is 11.6 Å². The van der Waals surface area contributed by atoms with E-state index in [9.17, 15) is 9.90 Å². The van der Waals surface area contributed by atoms with E-state index in [0.29, 0.717) is 23.7 Å². The average molecular weight is 363 g/mol. The first-order chi connectivity index (χ1) is 11.9. The van der Waals surface area contributed by atoms with Gasteiger partial charge < -0.3 is 9.84 Å². The van der Waals surface area contributed by atoms with Gasteiger partial charge in [-0.3, -0.25) is 4.79 Å². The molecular weight excluding hydrogens is 336 g/mol. The topological polar surface area (TPSA) is 46.5 Å². The van der Waals surface area contributed by atoms with E-state index in [-0.39, 0.29) is 17.5 Å². The van der Waals surface area contributed by atoms with Crippen molar-refractivity contribution in [2.45, 2.75) is 76.4 Å². The molecule has 1 saturated carbocycles. The third-order valence-electron chi connectivity index (χ3n) is 8.30. The van der Waals surface area contributed by atoms with Crippen molar-refractivity contribution in [3.8, 4) is 0 Å². The Hall–Kier alpha value is -0.800. The van der Waals surface area contributed by atoms with E-state index in [1.165, 1.54) is 19.3 Å². The van der Waals surface area contributed by atoms with Crippen LogP contribution in [0, 0.1) is 22.7 Å². The molecule has 0 unspecified atom stereocenters. The van der Waals surface area contributed by atoms with Gasteiger partial charge >= 0.3 is 5.97 Å². The highest BCUT2D eigenvalue weighted by molar-refractivity contribution is 6.23. The van der Waals surface area contributed by atoms with E-state index in [1.54, 1.807) is 11.1 Å². The molecule has 4 heteroatoms. The van der Waals surface area contributed by atoms with Gasteiger partial charge in [-0.25, -0.2) is 0 Å². The zero-order valence-corrected chi connectivity index (χ0v) is 15.8. The van der Waals surface area contributed by atoms with E-state index in [1.807, 2.05) is 6.08 Å². The number of fused-ring (bicyclic) bond motifs is 3. The second-order valence-corrected chi connectivity index (χ2v) is 9.63. The first-order valence-corrected chi connectivity index (χ1v) is 10.3. The summed E-state index contributed by atoms with van der Waals surface area (Å²) in [6, 6.07) is 0. The van der Waals surface area contributed by atoms with Gasteiger partial charge in [-0.1, -0.05) is 31.1 Å². The molecule has 0 aromatic rings. The summed E-state index contributed by atoms with van der Waals surface area (Å²) in [6.07, 6.45) is 8.08. The number of carbonyl (C=O) groups excluding carboxylic acids is 1. The molecule has 136 valence electrons. The highest BCUT2D eigenvalue weighted by atomic mass is 35.5. The van der Waals surface area contributed by atoms with Crippen LogP contribution in [0.25, 0.3) is 0 Å². The summed E-state index contributed by atoms with van der Waals surface area (Å²) in [7, 11) is 0. The molecule has 1 spiro atoms. The molecule has 3 nitrogen and oxygen atoms in total. The summed E-state index contributed by atoms with van der Waals surface area (Å²) in [4.78, 5) is 13.0. The summed E-state index contributed by atoms with van der Waals surface area (Å²) in [5.74, 6) is 0.593. The van der Waals surface area contributed by atoms with Crippen LogP contribution in [0.4, 0.5) is 0 Å². The molecule has 1 heterocycles. The second kappa shape index (κ2) is 5.13. The van der Waals surface area contributed by atoms with Crippen molar-refractivity contribution < 1.29 is 14.6 Å². The van der Waals surface area contributed by atoms with Crippen molar-refractivity contribution in [1.29, 1.82) is 0 Å². The standard InChI is InChI=1S/C21H27ClO3/c1-3-20(2)7-6-11-12-8-16(22)15-9-17(23)18-10-21(15,19(24)25-18)14(12)5-4-13(11)20/h9,12,14,16-18,23H,3-8,10H2,1-2H3/t12-,14-,16+,17+,18-,20-,21-/m0/s1. The van der Waals surface area contributed by atoms with Crippen molar-refractivity contribution in [1.82, 2.24) is 0 Å². The minimum absolute atomic E-state index is 0.124. The summed E-state index contributed by atoms with van der Waals surface area (Å²) < 4.78 is 5.61. The van der Waals surface area contributed by atoms with Crippen LogP contribution in [0.5, 0.6) is 0 Å². The smallest absolute Gasteiger partial charge is 0.317 e. The Morgan fingerprint density at radius 3 is 2.96 bits per heavy atom. The third-order valence-corrected chi connectivity index (χ3v) is 8.72. The number of ether oxygens (including phenoxy) is 1. The van der Waals surface area contributed by atoms with Crippen molar-refractivity contribution in [3.63, 3.8) is 0 Å². The number of carbonyl (C=O) groups is 1. The minimum atomic E-state index is -0.694. The Kier molecular flexibility index (Phi) is 3.36. The number of hydrogen-bond acceptors (Lipinski definition) is 3. The van der Waals surface area contributed by atoms with Crippen molar-refractivity contribution in [3.05, 3.63) is 22.8 Å². The molecule has 1 N–H and O–H groups in total. The van der Waals surface area contributed by atoms with Crippen LogP contribution in [-0.4, -0.2) is 28.7 Å². The number of alkyl halides is 1. The predicted octanol–water partition coefficient (Wildman–Crippen LogP) is 4.13. The van der Waals surface area contributed by atoms with Crippen LogP contribution >= 0.6 is 11.6 Å². The van der Waals surface area contributed by atoms with Crippen molar-refractivity contribution in [2.75, 3.05) is 0 Å². The molecule has 1 aliphatic heterocycles. The zero-order valence-electron chi connectivity index (χ0n) is 15.1. The fraction of sp³-hybridized carbons (Fsp3) is 0.762. The second-order valence-electron chi connectivity index (χ2n) is 9.10. The number of allylic oxidation sites excluding steroid dienone is 2. The monoisotopic (exact) mass is 362 g/mol. The van der Waals surface area contributed by atoms with Gasteiger partial charge in [0.05, 0.1) is 10.8 Å². The Balaban J connectivity index is 1.62. The third kappa shape index (κ3) is 1.89. The molecule has 0 radical (unpaired) electrons. The van der Waals surface area contributed by atoms with E-state index < -0.39 is 11.5 Å². The maximum absolute atomic E-state index is 13.0. The number of esters is 1. The number of hydrogen-bond donors (Lipinski definition) is 1. The summed E-state index contributed by atoms with van der Waals surface area (Å²) in [6.45, 7) is 4.71. The molecule has 2 bridgehead atoms. The number of aliphatic hydroxyl groups is 1. The average Bonchev–Trinajstić information content (AvgIpc) is 3.08. The molecular formula is C21H27ClO3. The summed E-state index contributed by atoms with van der Waals surface area (Å²) >= 11 is 6.81. The molecule has 2 fully saturated rings. The molecule has 1 saturated heterocycles. The van der Waals surface area contributed by atoms with Crippen LogP contribution in [0.2, 0.25) is 0 Å². The molecule has 0 aromatic carbocycles. The molecule has 5 aliphatic rings. The normalized spacial score (nSPS) is 50.8. The van der Waals surface area contributed by atoms with Crippen molar-refractivity contribution in [2.24, 2.45) is 22.7 Å². The summed E-state index contributed by atoms with van der Waals surface area (Å²) in [5, 5.41) is 10.1.